The van der Waals surface area contributed by atoms with Gasteiger partial charge < -0.3 is 10.2 Å². The number of aromatic nitrogens is 1. The maximum Gasteiger partial charge on any atom is 0.128 e. The zero-order chi connectivity index (χ0) is 13.5. The van der Waals surface area contributed by atoms with Crippen molar-refractivity contribution in [1.29, 1.82) is 0 Å². The average Bonchev–Trinajstić information content (AvgIpc) is 3.02. The number of halogens is 1. The van der Waals surface area contributed by atoms with Crippen LogP contribution in [0.3, 0.4) is 0 Å². The lowest BCUT2D eigenvalue weighted by molar-refractivity contribution is 0.494. The summed E-state index contributed by atoms with van der Waals surface area (Å²) in [4.78, 5) is 7.28. The van der Waals surface area contributed by atoms with Crippen LogP contribution in [0.25, 0.3) is 0 Å². The van der Waals surface area contributed by atoms with Crippen molar-refractivity contribution >= 4 is 17.4 Å². The molecule has 4 rings (SSSR count). The summed E-state index contributed by atoms with van der Waals surface area (Å²) >= 11 is 6.28. The first-order valence-corrected chi connectivity index (χ1v) is 8.31. The Morgan fingerprint density at radius 3 is 2.60 bits per heavy atom. The van der Waals surface area contributed by atoms with Crippen LogP contribution in [-0.2, 0) is 6.54 Å². The van der Waals surface area contributed by atoms with Gasteiger partial charge in [0.1, 0.15) is 5.82 Å². The van der Waals surface area contributed by atoms with E-state index in [4.69, 9.17) is 16.6 Å². The van der Waals surface area contributed by atoms with Crippen LogP contribution in [0.4, 0.5) is 5.82 Å². The highest BCUT2D eigenvalue weighted by atomic mass is 35.5. The number of fused-ring (bicyclic) bond motifs is 1. The van der Waals surface area contributed by atoms with Crippen LogP contribution in [0.15, 0.2) is 12.1 Å². The number of nitrogens with zero attached hydrogens (tertiary/aromatic N) is 2. The fourth-order valence-electron chi connectivity index (χ4n) is 3.72. The lowest BCUT2D eigenvalue weighted by Crippen LogP contribution is -2.23. The third-order valence-electron chi connectivity index (χ3n) is 5.09. The monoisotopic (exact) mass is 291 g/mol. The number of hydrogen-bond acceptors (Lipinski definition) is 3. The van der Waals surface area contributed by atoms with Gasteiger partial charge in [0.05, 0.1) is 10.7 Å². The Bertz CT molecular complexity index is 488. The largest absolute Gasteiger partial charge is 0.356 e. The highest BCUT2D eigenvalue weighted by Gasteiger charge is 2.36. The lowest BCUT2D eigenvalue weighted by atomic mass is 10.0. The van der Waals surface area contributed by atoms with Gasteiger partial charge in [-0.05, 0) is 49.7 Å². The zero-order valence-electron chi connectivity index (χ0n) is 11.8. The molecule has 2 aliphatic carbocycles. The van der Waals surface area contributed by atoms with Crippen LogP contribution >= 0.6 is 11.6 Å². The smallest absolute Gasteiger partial charge is 0.128 e. The van der Waals surface area contributed by atoms with Crippen molar-refractivity contribution in [1.82, 2.24) is 10.3 Å². The van der Waals surface area contributed by atoms with E-state index in [1.165, 1.54) is 45.2 Å². The first kappa shape index (κ1) is 12.9. The normalized spacial score (nSPS) is 28.9. The standard InChI is InChI=1S/C16H22ClN3/c17-14-6-7-16(19-15(14)8-18-13-4-5-13)20-9-11-2-1-3-12(11)10-20/h6-7,11-13,18H,1-5,8-10H2. The summed E-state index contributed by atoms with van der Waals surface area (Å²) in [5.74, 6) is 2.93. The van der Waals surface area contributed by atoms with E-state index in [1.54, 1.807) is 0 Å². The minimum absolute atomic E-state index is 0.697. The van der Waals surface area contributed by atoms with Crippen molar-refractivity contribution in [3.8, 4) is 0 Å². The minimum Gasteiger partial charge on any atom is -0.356 e. The van der Waals surface area contributed by atoms with Gasteiger partial charge in [0.25, 0.3) is 0 Å². The summed E-state index contributed by atoms with van der Waals surface area (Å²) < 4.78 is 0. The van der Waals surface area contributed by atoms with E-state index in [1.807, 2.05) is 6.07 Å². The van der Waals surface area contributed by atoms with E-state index in [0.717, 1.165) is 34.9 Å². The van der Waals surface area contributed by atoms with Gasteiger partial charge in [0.15, 0.2) is 0 Å². The van der Waals surface area contributed by atoms with Crippen molar-refractivity contribution in [3.05, 3.63) is 22.8 Å². The van der Waals surface area contributed by atoms with Gasteiger partial charge in [-0.15, -0.1) is 0 Å². The Morgan fingerprint density at radius 1 is 1.15 bits per heavy atom. The van der Waals surface area contributed by atoms with Crippen LogP contribution in [-0.4, -0.2) is 24.1 Å². The van der Waals surface area contributed by atoms with Crippen LogP contribution in [0.5, 0.6) is 0 Å². The second kappa shape index (κ2) is 5.19. The predicted octanol–water partition coefficient (Wildman–Crippen LogP) is 3.22. The summed E-state index contributed by atoms with van der Waals surface area (Å²) in [5.41, 5.74) is 1.01. The van der Waals surface area contributed by atoms with E-state index >= 15 is 0 Å². The molecule has 3 nitrogen and oxygen atoms in total. The van der Waals surface area contributed by atoms with Crippen molar-refractivity contribution in [2.75, 3.05) is 18.0 Å². The van der Waals surface area contributed by atoms with Crippen LogP contribution in [0.2, 0.25) is 5.02 Å². The first-order valence-electron chi connectivity index (χ1n) is 7.93. The van der Waals surface area contributed by atoms with Crippen LogP contribution in [0, 0.1) is 11.8 Å². The third kappa shape index (κ3) is 2.53. The highest BCUT2D eigenvalue weighted by Crippen LogP contribution is 2.39. The quantitative estimate of drug-likeness (QED) is 0.923. The van der Waals surface area contributed by atoms with Crippen molar-refractivity contribution in [2.45, 2.75) is 44.7 Å². The van der Waals surface area contributed by atoms with Crippen LogP contribution < -0.4 is 10.2 Å². The van der Waals surface area contributed by atoms with Gasteiger partial charge in [-0.1, -0.05) is 18.0 Å². The average molecular weight is 292 g/mol. The molecule has 1 aromatic rings. The Kier molecular flexibility index (Phi) is 3.35. The third-order valence-corrected chi connectivity index (χ3v) is 5.43. The highest BCUT2D eigenvalue weighted by molar-refractivity contribution is 6.31. The second-order valence-corrected chi connectivity index (χ2v) is 7.02. The van der Waals surface area contributed by atoms with E-state index in [2.05, 4.69) is 16.3 Å². The van der Waals surface area contributed by atoms with Gasteiger partial charge in [-0.25, -0.2) is 4.98 Å². The SMILES string of the molecule is Clc1ccc(N2CC3CCCC3C2)nc1CNC1CC1. The molecule has 1 N–H and O–H groups in total. The molecule has 2 atom stereocenters. The molecule has 108 valence electrons. The fraction of sp³-hybridized carbons (Fsp3) is 0.688. The maximum absolute atomic E-state index is 6.28. The Hall–Kier alpha value is -0.800. The molecule has 0 spiro atoms. The molecule has 0 amide bonds. The van der Waals surface area contributed by atoms with Crippen LogP contribution in [0.1, 0.15) is 37.8 Å². The molecule has 1 saturated heterocycles. The minimum atomic E-state index is 0.697. The van der Waals surface area contributed by atoms with Gasteiger partial charge >= 0.3 is 0 Å². The molecule has 3 fully saturated rings. The number of rotatable bonds is 4. The van der Waals surface area contributed by atoms with Gasteiger partial charge in [-0.3, -0.25) is 0 Å². The van der Waals surface area contributed by atoms with E-state index in [9.17, 15) is 0 Å². The summed E-state index contributed by atoms with van der Waals surface area (Å²) in [5, 5.41) is 4.30. The van der Waals surface area contributed by atoms with Gasteiger partial charge in [-0.2, -0.15) is 0 Å². The summed E-state index contributed by atoms with van der Waals surface area (Å²) in [7, 11) is 0. The van der Waals surface area contributed by atoms with Crippen molar-refractivity contribution in [2.24, 2.45) is 11.8 Å². The zero-order valence-corrected chi connectivity index (χ0v) is 12.6. The molecule has 1 aromatic heterocycles. The first-order chi connectivity index (χ1) is 9.79. The summed E-state index contributed by atoms with van der Waals surface area (Å²) in [6.45, 7) is 3.18. The number of pyridine rings is 1. The van der Waals surface area contributed by atoms with E-state index in [-0.39, 0.29) is 0 Å². The fourth-order valence-corrected chi connectivity index (χ4v) is 3.90. The molecule has 2 heterocycles. The van der Waals surface area contributed by atoms with Crippen molar-refractivity contribution < 1.29 is 0 Å². The number of anilines is 1. The molecule has 0 radical (unpaired) electrons. The molecule has 4 heteroatoms. The number of nitrogens with one attached hydrogen (secondary N) is 1. The summed E-state index contributed by atoms with van der Waals surface area (Å²) in [6.07, 6.45) is 6.84. The van der Waals surface area contributed by atoms with E-state index < -0.39 is 0 Å². The lowest BCUT2D eigenvalue weighted by Gasteiger charge is -2.19. The molecule has 2 saturated carbocycles. The second-order valence-electron chi connectivity index (χ2n) is 6.61. The Labute approximate surface area is 125 Å². The Morgan fingerprint density at radius 2 is 1.90 bits per heavy atom. The van der Waals surface area contributed by atoms with Gasteiger partial charge in [0.2, 0.25) is 0 Å². The Balaban J connectivity index is 1.48. The molecule has 3 aliphatic rings. The topological polar surface area (TPSA) is 28.2 Å². The molecule has 0 bridgehead atoms. The predicted molar refractivity (Wildman–Crippen MR) is 82.2 cm³/mol. The van der Waals surface area contributed by atoms with Crippen molar-refractivity contribution in [3.63, 3.8) is 0 Å². The molecular formula is C16H22ClN3. The molecular weight excluding hydrogens is 270 g/mol. The molecule has 2 unspecified atom stereocenters. The molecule has 20 heavy (non-hydrogen) atoms. The molecule has 0 aromatic carbocycles. The maximum atomic E-state index is 6.28. The number of hydrogen-bond donors (Lipinski definition) is 1. The van der Waals surface area contributed by atoms with E-state index in [0.29, 0.717) is 6.04 Å². The molecule has 1 aliphatic heterocycles. The summed E-state index contributed by atoms with van der Waals surface area (Å²) in [6, 6.07) is 4.80. The van der Waals surface area contributed by atoms with Gasteiger partial charge in [0, 0.05) is 25.7 Å².